The number of nitrogens with zero attached hydrogens (tertiary/aromatic N) is 2. The van der Waals surface area contributed by atoms with Gasteiger partial charge in [0.05, 0.1) is 0 Å². The number of amides is 4. The normalized spacial score (nSPS) is 14.8. The molecule has 0 saturated heterocycles. The number of hydrazine groups is 1. The molecule has 0 saturated carbocycles. The maximum absolute atomic E-state index is 11.6. The van der Waals surface area contributed by atoms with Crippen LogP contribution in [0.4, 0.5) is 4.79 Å². The minimum atomic E-state index is -1.05. The van der Waals surface area contributed by atoms with Crippen molar-refractivity contribution in [2.45, 2.75) is 26.4 Å². The van der Waals surface area contributed by atoms with Gasteiger partial charge in [-0.25, -0.2) is 10.6 Å². The third kappa shape index (κ3) is 3.88. The molecule has 1 heterocycles. The van der Waals surface area contributed by atoms with E-state index in [-0.39, 0.29) is 5.01 Å². The van der Waals surface area contributed by atoms with E-state index in [1.807, 2.05) is 0 Å². The zero-order valence-corrected chi connectivity index (χ0v) is 10.9. The summed E-state index contributed by atoms with van der Waals surface area (Å²) in [6, 6.07) is 0. The summed E-state index contributed by atoms with van der Waals surface area (Å²) >= 11 is 0. The average Bonchev–Trinajstić information content (AvgIpc) is 2.57. The van der Waals surface area contributed by atoms with Gasteiger partial charge in [0.25, 0.3) is 17.7 Å². The summed E-state index contributed by atoms with van der Waals surface area (Å²) in [5.74, 6) is 3.10. The Morgan fingerprint density at radius 1 is 1.26 bits per heavy atom. The van der Waals surface area contributed by atoms with E-state index in [0.717, 1.165) is 12.2 Å². The Hall–Kier alpha value is -2.22. The van der Waals surface area contributed by atoms with E-state index in [1.54, 1.807) is 20.8 Å². The fraction of sp³-hybridized carbons (Fsp3) is 0.455. The Labute approximate surface area is 109 Å². The molecule has 0 spiro atoms. The molecule has 8 nitrogen and oxygen atoms in total. The van der Waals surface area contributed by atoms with Gasteiger partial charge in [0.2, 0.25) is 0 Å². The summed E-state index contributed by atoms with van der Waals surface area (Å²) in [6.45, 7) is 4.22. The first-order valence-corrected chi connectivity index (χ1v) is 5.46. The van der Waals surface area contributed by atoms with Crippen LogP contribution in [0.15, 0.2) is 12.2 Å². The Morgan fingerprint density at radius 2 is 1.74 bits per heavy atom. The molecule has 104 valence electrons. The fourth-order valence-corrected chi connectivity index (χ4v) is 1.21. The van der Waals surface area contributed by atoms with Crippen LogP contribution in [0.5, 0.6) is 0 Å². The Balaban J connectivity index is 2.61. The summed E-state index contributed by atoms with van der Waals surface area (Å²) in [5.41, 5.74) is -0.810. The van der Waals surface area contributed by atoms with Gasteiger partial charge < -0.3 is 4.74 Å². The van der Waals surface area contributed by atoms with E-state index in [0.29, 0.717) is 4.90 Å². The minimum absolute atomic E-state index is 0.240. The first-order chi connectivity index (χ1) is 8.61. The minimum Gasteiger partial charge on any atom is -0.442 e. The van der Waals surface area contributed by atoms with Gasteiger partial charge in [0.15, 0.2) is 0 Å². The van der Waals surface area contributed by atoms with Crippen molar-refractivity contribution in [1.29, 1.82) is 0 Å². The molecule has 1 aliphatic rings. The molecule has 4 amide bonds. The predicted octanol–water partition coefficient (Wildman–Crippen LogP) is -0.451. The van der Waals surface area contributed by atoms with E-state index >= 15 is 0 Å². The zero-order valence-electron chi connectivity index (χ0n) is 10.9. The lowest BCUT2D eigenvalue weighted by molar-refractivity contribution is -0.144. The van der Waals surface area contributed by atoms with Crippen molar-refractivity contribution in [2.75, 3.05) is 6.54 Å². The molecular formula is C11H15N3O5. The third-order valence-corrected chi connectivity index (χ3v) is 2.05. The first-order valence-electron chi connectivity index (χ1n) is 5.46. The topological polar surface area (TPSA) is 110 Å². The lowest BCUT2D eigenvalue weighted by atomic mass is 10.2. The molecule has 0 aromatic rings. The summed E-state index contributed by atoms with van der Waals surface area (Å²) in [7, 11) is 0. The fourth-order valence-electron chi connectivity index (χ4n) is 1.21. The number of carbonyl (C=O) groups is 4. The van der Waals surface area contributed by atoms with Crippen LogP contribution < -0.4 is 5.84 Å². The maximum Gasteiger partial charge on any atom is 0.431 e. The first kappa shape index (κ1) is 14.8. The highest BCUT2D eigenvalue weighted by Crippen LogP contribution is 2.09. The second-order valence-corrected chi connectivity index (χ2v) is 4.84. The number of hydrogen-bond acceptors (Lipinski definition) is 6. The zero-order chi connectivity index (χ0) is 14.8. The summed E-state index contributed by atoms with van der Waals surface area (Å²) in [4.78, 5) is 46.3. The molecule has 0 aromatic carbocycles. The van der Waals surface area contributed by atoms with Crippen LogP contribution >= 0.6 is 0 Å². The number of rotatable bonds is 2. The van der Waals surface area contributed by atoms with Gasteiger partial charge in [-0.15, -0.1) is 0 Å². The molecule has 2 N–H and O–H groups in total. The number of nitrogens with two attached hydrogens (primary N) is 1. The monoisotopic (exact) mass is 269 g/mol. The highest BCUT2D eigenvalue weighted by molar-refractivity contribution is 6.14. The third-order valence-electron chi connectivity index (χ3n) is 2.05. The molecule has 0 aromatic heterocycles. The summed E-state index contributed by atoms with van der Waals surface area (Å²) < 4.78 is 4.88. The van der Waals surface area contributed by atoms with Crippen LogP contribution in [-0.4, -0.2) is 45.9 Å². The highest BCUT2D eigenvalue weighted by atomic mass is 16.6. The van der Waals surface area contributed by atoms with Crippen molar-refractivity contribution in [3.63, 3.8) is 0 Å². The van der Waals surface area contributed by atoms with Crippen LogP contribution in [-0.2, 0) is 19.1 Å². The van der Waals surface area contributed by atoms with Gasteiger partial charge in [-0.2, -0.15) is 5.01 Å². The molecule has 0 radical (unpaired) electrons. The van der Waals surface area contributed by atoms with E-state index in [4.69, 9.17) is 10.6 Å². The number of carbonyl (C=O) groups excluding carboxylic acids is 4. The maximum atomic E-state index is 11.6. The SMILES string of the molecule is CC(C)(C)OC(=O)N(N)C(=O)CN1C(=O)C=CC1=O. The number of ether oxygens (including phenoxy) is 1. The van der Waals surface area contributed by atoms with E-state index in [2.05, 4.69) is 0 Å². The average molecular weight is 269 g/mol. The van der Waals surface area contributed by atoms with Crippen molar-refractivity contribution in [3.8, 4) is 0 Å². The number of hydrogen-bond donors (Lipinski definition) is 1. The summed E-state index contributed by atoms with van der Waals surface area (Å²) in [5, 5.41) is 0.240. The van der Waals surface area contributed by atoms with Crippen molar-refractivity contribution in [2.24, 2.45) is 5.84 Å². The van der Waals surface area contributed by atoms with E-state index in [9.17, 15) is 19.2 Å². The van der Waals surface area contributed by atoms with Crippen molar-refractivity contribution in [1.82, 2.24) is 9.91 Å². The quantitative estimate of drug-likeness (QED) is 0.314. The van der Waals surface area contributed by atoms with Crippen molar-refractivity contribution < 1.29 is 23.9 Å². The smallest absolute Gasteiger partial charge is 0.431 e. The molecule has 0 unspecified atom stereocenters. The van der Waals surface area contributed by atoms with Gasteiger partial charge in [0, 0.05) is 12.2 Å². The van der Waals surface area contributed by atoms with Crippen LogP contribution in [0.25, 0.3) is 0 Å². The Kier molecular flexibility index (Phi) is 4.05. The highest BCUT2D eigenvalue weighted by Gasteiger charge is 2.30. The molecule has 1 aliphatic heterocycles. The Morgan fingerprint density at radius 3 is 2.16 bits per heavy atom. The van der Waals surface area contributed by atoms with Crippen LogP contribution in [0.2, 0.25) is 0 Å². The molecule has 19 heavy (non-hydrogen) atoms. The van der Waals surface area contributed by atoms with Crippen LogP contribution in [0.1, 0.15) is 20.8 Å². The molecule has 0 fully saturated rings. The van der Waals surface area contributed by atoms with Crippen molar-refractivity contribution in [3.05, 3.63) is 12.2 Å². The van der Waals surface area contributed by atoms with Crippen LogP contribution in [0, 0.1) is 0 Å². The van der Waals surface area contributed by atoms with Gasteiger partial charge in [-0.1, -0.05) is 0 Å². The second kappa shape index (κ2) is 5.19. The molecule has 1 rings (SSSR count). The second-order valence-electron chi connectivity index (χ2n) is 4.84. The summed E-state index contributed by atoms with van der Waals surface area (Å²) in [6.07, 6.45) is 1.01. The Bertz CT molecular complexity index is 445. The lowest BCUT2D eigenvalue weighted by Gasteiger charge is -2.24. The van der Waals surface area contributed by atoms with Gasteiger partial charge in [-0.3, -0.25) is 19.3 Å². The van der Waals surface area contributed by atoms with E-state index in [1.165, 1.54) is 0 Å². The van der Waals surface area contributed by atoms with Gasteiger partial charge in [-0.05, 0) is 20.8 Å². The van der Waals surface area contributed by atoms with Crippen molar-refractivity contribution >= 4 is 23.8 Å². The lowest BCUT2D eigenvalue weighted by Crippen LogP contribution is -2.50. The largest absolute Gasteiger partial charge is 0.442 e. The van der Waals surface area contributed by atoms with Gasteiger partial charge >= 0.3 is 6.09 Å². The molecule has 0 atom stereocenters. The molecule has 8 heteroatoms. The molecule has 0 aliphatic carbocycles. The number of imide groups is 2. The van der Waals surface area contributed by atoms with Crippen LogP contribution in [0.3, 0.4) is 0 Å². The predicted molar refractivity (Wildman–Crippen MR) is 63.1 cm³/mol. The van der Waals surface area contributed by atoms with Gasteiger partial charge in [0.1, 0.15) is 12.1 Å². The van der Waals surface area contributed by atoms with E-state index < -0.39 is 36.0 Å². The standard InChI is InChI=1S/C11H15N3O5/c1-11(2,3)19-10(18)14(12)9(17)6-13-7(15)4-5-8(13)16/h4-5H,6,12H2,1-3H3. The molecular weight excluding hydrogens is 254 g/mol. The molecule has 0 bridgehead atoms.